The lowest BCUT2D eigenvalue weighted by Gasteiger charge is -1.99. The predicted octanol–water partition coefficient (Wildman–Crippen LogP) is 3.24. The molecule has 0 rings (SSSR count). The molecule has 88 valence electrons. The average molecular weight is 204 g/mol. The SMILES string of the molecule is CC(C)CO.CCCCOCCCC. The number of aliphatic hydroxyl groups is 1. The van der Waals surface area contributed by atoms with E-state index in [1.54, 1.807) is 0 Å². The van der Waals surface area contributed by atoms with E-state index in [0.717, 1.165) is 13.2 Å². The minimum absolute atomic E-state index is 0.306. The first kappa shape index (κ1) is 16.4. The van der Waals surface area contributed by atoms with Gasteiger partial charge in [-0.3, -0.25) is 0 Å². The molecular weight excluding hydrogens is 176 g/mol. The Kier molecular flexibility index (Phi) is 18.0. The largest absolute Gasteiger partial charge is 0.396 e. The average Bonchev–Trinajstić information content (AvgIpc) is 2.19. The third-order valence-corrected chi connectivity index (χ3v) is 1.65. The molecule has 2 heteroatoms. The highest BCUT2D eigenvalue weighted by Crippen LogP contribution is 1.91. The summed E-state index contributed by atoms with van der Waals surface area (Å²) in [6.45, 7) is 10.5. The minimum Gasteiger partial charge on any atom is -0.396 e. The third kappa shape index (κ3) is 22.7. The fraction of sp³-hybridized carbons (Fsp3) is 1.00. The molecule has 0 aliphatic heterocycles. The van der Waals surface area contributed by atoms with Gasteiger partial charge in [-0.15, -0.1) is 0 Å². The fourth-order valence-corrected chi connectivity index (χ4v) is 0.595. The number of unbranched alkanes of at least 4 members (excludes halogenated alkanes) is 2. The number of hydrogen-bond donors (Lipinski definition) is 1. The summed E-state index contributed by atoms with van der Waals surface area (Å²) >= 11 is 0. The second-order valence-corrected chi connectivity index (χ2v) is 3.90. The van der Waals surface area contributed by atoms with E-state index in [2.05, 4.69) is 13.8 Å². The van der Waals surface area contributed by atoms with E-state index in [4.69, 9.17) is 9.84 Å². The van der Waals surface area contributed by atoms with Gasteiger partial charge in [0.2, 0.25) is 0 Å². The third-order valence-electron chi connectivity index (χ3n) is 1.65. The zero-order valence-electron chi connectivity index (χ0n) is 10.4. The van der Waals surface area contributed by atoms with E-state index in [-0.39, 0.29) is 0 Å². The minimum atomic E-state index is 0.306. The van der Waals surface area contributed by atoms with E-state index < -0.39 is 0 Å². The van der Waals surface area contributed by atoms with Gasteiger partial charge in [0.1, 0.15) is 0 Å². The first-order valence-electron chi connectivity index (χ1n) is 5.87. The number of ether oxygens (including phenoxy) is 1. The summed E-state index contributed by atoms with van der Waals surface area (Å²) in [5.74, 6) is 0.440. The number of rotatable bonds is 7. The maximum atomic E-state index is 8.14. The summed E-state index contributed by atoms with van der Waals surface area (Å²) in [5.41, 5.74) is 0. The molecule has 0 aliphatic rings. The molecule has 0 aromatic rings. The summed E-state index contributed by atoms with van der Waals surface area (Å²) in [5, 5.41) is 8.14. The van der Waals surface area contributed by atoms with Crippen LogP contribution in [0.25, 0.3) is 0 Å². The van der Waals surface area contributed by atoms with E-state index in [1.807, 2.05) is 13.8 Å². The van der Waals surface area contributed by atoms with Gasteiger partial charge in [-0.05, 0) is 18.8 Å². The van der Waals surface area contributed by atoms with Gasteiger partial charge in [0.05, 0.1) is 0 Å². The van der Waals surface area contributed by atoms with E-state index in [0.29, 0.717) is 12.5 Å². The topological polar surface area (TPSA) is 29.5 Å². The van der Waals surface area contributed by atoms with Gasteiger partial charge in [0.15, 0.2) is 0 Å². The molecule has 0 saturated carbocycles. The van der Waals surface area contributed by atoms with Gasteiger partial charge < -0.3 is 9.84 Å². The van der Waals surface area contributed by atoms with Crippen molar-refractivity contribution in [3.8, 4) is 0 Å². The van der Waals surface area contributed by atoms with Crippen LogP contribution in [-0.2, 0) is 4.74 Å². The van der Waals surface area contributed by atoms with Crippen molar-refractivity contribution < 1.29 is 9.84 Å². The van der Waals surface area contributed by atoms with E-state index in [9.17, 15) is 0 Å². The Morgan fingerprint density at radius 2 is 1.36 bits per heavy atom. The molecule has 0 aromatic carbocycles. The van der Waals surface area contributed by atoms with Crippen molar-refractivity contribution in [2.24, 2.45) is 5.92 Å². The first-order valence-corrected chi connectivity index (χ1v) is 5.87. The molecule has 0 aromatic heterocycles. The fourth-order valence-electron chi connectivity index (χ4n) is 0.595. The Balaban J connectivity index is 0. The van der Waals surface area contributed by atoms with Gasteiger partial charge >= 0.3 is 0 Å². The highest BCUT2D eigenvalue weighted by molar-refractivity contribution is 4.34. The molecule has 0 fully saturated rings. The zero-order chi connectivity index (χ0) is 11.2. The van der Waals surface area contributed by atoms with Gasteiger partial charge in [-0.25, -0.2) is 0 Å². The van der Waals surface area contributed by atoms with Gasteiger partial charge in [0.25, 0.3) is 0 Å². The van der Waals surface area contributed by atoms with Gasteiger partial charge in [-0.1, -0.05) is 40.5 Å². The molecule has 14 heavy (non-hydrogen) atoms. The van der Waals surface area contributed by atoms with Crippen molar-refractivity contribution in [1.29, 1.82) is 0 Å². The molecule has 0 saturated heterocycles. The van der Waals surface area contributed by atoms with Crippen LogP contribution in [0.3, 0.4) is 0 Å². The van der Waals surface area contributed by atoms with Crippen LogP contribution in [0.4, 0.5) is 0 Å². The zero-order valence-corrected chi connectivity index (χ0v) is 10.4. The molecule has 0 atom stereocenters. The Morgan fingerprint density at radius 3 is 1.57 bits per heavy atom. The maximum absolute atomic E-state index is 8.14. The smallest absolute Gasteiger partial charge is 0.0465 e. The van der Waals surface area contributed by atoms with Crippen molar-refractivity contribution in [2.45, 2.75) is 53.4 Å². The molecule has 0 heterocycles. The quantitative estimate of drug-likeness (QED) is 0.645. The first-order chi connectivity index (χ1) is 6.68. The standard InChI is InChI=1S/C8H18O.C4H10O/c1-3-5-7-9-8-6-4-2;1-4(2)3-5/h3-8H2,1-2H3;4-5H,3H2,1-2H3. The van der Waals surface area contributed by atoms with E-state index in [1.165, 1.54) is 25.7 Å². The number of aliphatic hydroxyl groups excluding tert-OH is 1. The van der Waals surface area contributed by atoms with Crippen LogP contribution in [0, 0.1) is 5.92 Å². The van der Waals surface area contributed by atoms with Crippen LogP contribution >= 0.6 is 0 Å². The predicted molar refractivity (Wildman–Crippen MR) is 62.6 cm³/mol. The second-order valence-electron chi connectivity index (χ2n) is 3.90. The van der Waals surface area contributed by atoms with Gasteiger partial charge in [0, 0.05) is 19.8 Å². The van der Waals surface area contributed by atoms with E-state index >= 15 is 0 Å². The lowest BCUT2D eigenvalue weighted by Crippen LogP contribution is -1.95. The van der Waals surface area contributed by atoms with Crippen molar-refractivity contribution in [1.82, 2.24) is 0 Å². The molecule has 0 amide bonds. The van der Waals surface area contributed by atoms with Gasteiger partial charge in [-0.2, -0.15) is 0 Å². The second kappa shape index (κ2) is 15.4. The molecule has 0 spiro atoms. The summed E-state index contributed by atoms with van der Waals surface area (Å²) in [6, 6.07) is 0. The lowest BCUT2D eigenvalue weighted by atomic mass is 10.2. The molecule has 0 aliphatic carbocycles. The Labute approximate surface area is 89.7 Å². The highest BCUT2D eigenvalue weighted by atomic mass is 16.5. The van der Waals surface area contributed by atoms with Crippen molar-refractivity contribution >= 4 is 0 Å². The van der Waals surface area contributed by atoms with Crippen LogP contribution < -0.4 is 0 Å². The monoisotopic (exact) mass is 204 g/mol. The molecule has 0 unspecified atom stereocenters. The van der Waals surface area contributed by atoms with Crippen molar-refractivity contribution in [3.63, 3.8) is 0 Å². The number of hydrogen-bond acceptors (Lipinski definition) is 2. The normalized spacial score (nSPS) is 9.86. The summed E-state index contributed by atoms with van der Waals surface area (Å²) < 4.78 is 5.31. The lowest BCUT2D eigenvalue weighted by molar-refractivity contribution is 0.128. The van der Waals surface area contributed by atoms with Crippen LogP contribution in [0.15, 0.2) is 0 Å². The van der Waals surface area contributed by atoms with Crippen LogP contribution in [0.2, 0.25) is 0 Å². The molecular formula is C12H28O2. The maximum Gasteiger partial charge on any atom is 0.0465 e. The highest BCUT2D eigenvalue weighted by Gasteiger charge is 1.84. The Bertz CT molecular complexity index is 76.4. The van der Waals surface area contributed by atoms with Crippen LogP contribution in [0.5, 0.6) is 0 Å². The summed E-state index contributed by atoms with van der Waals surface area (Å²) in [4.78, 5) is 0. The molecule has 2 nitrogen and oxygen atoms in total. The van der Waals surface area contributed by atoms with Crippen LogP contribution in [-0.4, -0.2) is 24.9 Å². The Morgan fingerprint density at radius 1 is 1.00 bits per heavy atom. The van der Waals surface area contributed by atoms with Crippen molar-refractivity contribution in [2.75, 3.05) is 19.8 Å². The molecule has 0 bridgehead atoms. The van der Waals surface area contributed by atoms with Crippen molar-refractivity contribution in [3.05, 3.63) is 0 Å². The summed E-state index contributed by atoms with van der Waals surface area (Å²) in [6.07, 6.45) is 4.91. The van der Waals surface area contributed by atoms with Crippen LogP contribution in [0.1, 0.15) is 53.4 Å². The molecule has 0 radical (unpaired) electrons. The molecule has 1 N–H and O–H groups in total. The summed E-state index contributed by atoms with van der Waals surface area (Å²) in [7, 11) is 0. The Hall–Kier alpha value is -0.0800.